The minimum Gasteiger partial charge on any atom is -0.316 e. The molecule has 0 bridgehead atoms. The number of rotatable bonds is 2. The molecule has 0 aromatic rings. The van der Waals surface area contributed by atoms with Gasteiger partial charge in [0.1, 0.15) is 0 Å². The Balaban J connectivity index is 2.41. The first-order chi connectivity index (χ1) is 5.34. The Kier molecular flexibility index (Phi) is 3.36. The monoisotopic (exact) mass is 215 g/mol. The van der Waals surface area contributed by atoms with Gasteiger partial charge in [-0.05, 0) is 6.42 Å². The topological polar surface area (TPSA) is 20.3 Å². The molecule has 60 valence electrons. The molecule has 1 heterocycles. The molecule has 0 atom stereocenters. The molecule has 1 aliphatic heterocycles. The smallest absolute Gasteiger partial charge is 0.250 e. The van der Waals surface area contributed by atoms with Gasteiger partial charge < -0.3 is 4.90 Å². The van der Waals surface area contributed by atoms with Crippen LogP contribution in [0.25, 0.3) is 0 Å². The average molecular weight is 216 g/mol. The highest BCUT2D eigenvalue weighted by Gasteiger charge is 2.09. The van der Waals surface area contributed by atoms with Gasteiger partial charge in [-0.15, -0.1) is 0 Å². The van der Waals surface area contributed by atoms with Gasteiger partial charge in [0.2, 0.25) is 5.91 Å². The molecule has 0 N–H and O–H groups in total. The third-order valence-electron chi connectivity index (χ3n) is 1.45. The lowest BCUT2D eigenvalue weighted by Crippen LogP contribution is -2.21. The Bertz CT molecular complexity index is 198. The van der Waals surface area contributed by atoms with E-state index >= 15 is 0 Å². The van der Waals surface area contributed by atoms with Crippen LogP contribution >= 0.6 is 15.9 Å². The predicted molar refractivity (Wildman–Crippen MR) is 48.4 cm³/mol. The molecular formula is C8H10BrNO. The maximum absolute atomic E-state index is 11.2. The van der Waals surface area contributed by atoms with Crippen LogP contribution in [0.5, 0.6) is 0 Å². The summed E-state index contributed by atoms with van der Waals surface area (Å²) >= 11 is 3.21. The lowest BCUT2D eigenvalue weighted by molar-refractivity contribution is -0.123. The van der Waals surface area contributed by atoms with Crippen LogP contribution in [0, 0.1) is 0 Å². The minimum atomic E-state index is 0.0678. The zero-order chi connectivity index (χ0) is 8.10. The molecule has 0 aliphatic carbocycles. The van der Waals surface area contributed by atoms with E-state index in [0.29, 0.717) is 0 Å². The van der Waals surface area contributed by atoms with Crippen molar-refractivity contribution < 1.29 is 4.79 Å². The molecule has 0 unspecified atom stereocenters. The Morgan fingerprint density at radius 1 is 1.73 bits per heavy atom. The van der Waals surface area contributed by atoms with Gasteiger partial charge in [-0.1, -0.05) is 28.1 Å². The van der Waals surface area contributed by atoms with Crippen LogP contribution in [0.1, 0.15) is 6.42 Å². The predicted octanol–water partition coefficient (Wildman–Crippen LogP) is 1.68. The van der Waals surface area contributed by atoms with E-state index in [4.69, 9.17) is 0 Å². The largest absolute Gasteiger partial charge is 0.316 e. The number of alkyl halides is 1. The molecule has 0 spiro atoms. The summed E-state index contributed by atoms with van der Waals surface area (Å²) in [6.07, 6.45) is 8.20. The van der Waals surface area contributed by atoms with Crippen molar-refractivity contribution in [3.8, 4) is 0 Å². The number of carbonyl (C=O) groups is 1. The second kappa shape index (κ2) is 4.34. The number of halogens is 1. The van der Waals surface area contributed by atoms with E-state index in [2.05, 4.69) is 15.9 Å². The zero-order valence-electron chi connectivity index (χ0n) is 6.16. The highest BCUT2D eigenvalue weighted by molar-refractivity contribution is 9.09. The summed E-state index contributed by atoms with van der Waals surface area (Å²) < 4.78 is 0. The van der Waals surface area contributed by atoms with Crippen LogP contribution in [-0.2, 0) is 4.79 Å². The molecular weight excluding hydrogens is 206 g/mol. The number of hydrogen-bond acceptors (Lipinski definition) is 1. The lowest BCUT2D eigenvalue weighted by atomic mass is 10.4. The van der Waals surface area contributed by atoms with Crippen LogP contribution in [0.4, 0.5) is 0 Å². The van der Waals surface area contributed by atoms with Gasteiger partial charge in [0, 0.05) is 24.2 Å². The van der Waals surface area contributed by atoms with E-state index in [1.165, 1.54) is 0 Å². The van der Waals surface area contributed by atoms with Crippen molar-refractivity contribution in [2.45, 2.75) is 6.42 Å². The van der Waals surface area contributed by atoms with E-state index in [1.54, 1.807) is 17.1 Å². The summed E-state index contributed by atoms with van der Waals surface area (Å²) in [4.78, 5) is 12.9. The second-order valence-electron chi connectivity index (χ2n) is 2.26. The van der Waals surface area contributed by atoms with Crippen molar-refractivity contribution in [1.82, 2.24) is 4.90 Å². The molecule has 2 nitrogen and oxygen atoms in total. The first-order valence-corrected chi connectivity index (χ1v) is 4.66. The fourth-order valence-electron chi connectivity index (χ4n) is 0.915. The summed E-state index contributed by atoms with van der Waals surface area (Å²) in [5, 5.41) is 0.732. The van der Waals surface area contributed by atoms with Crippen LogP contribution < -0.4 is 0 Å². The Hall–Kier alpha value is -0.570. The van der Waals surface area contributed by atoms with Crippen LogP contribution in [0.15, 0.2) is 24.4 Å². The van der Waals surface area contributed by atoms with E-state index in [0.717, 1.165) is 18.3 Å². The summed E-state index contributed by atoms with van der Waals surface area (Å²) in [6, 6.07) is 0. The van der Waals surface area contributed by atoms with E-state index in [1.807, 2.05) is 12.3 Å². The number of allylic oxidation sites excluding steroid dienone is 1. The number of nitrogens with zero attached hydrogens (tertiary/aromatic N) is 1. The van der Waals surface area contributed by atoms with Gasteiger partial charge in [-0.3, -0.25) is 4.79 Å². The van der Waals surface area contributed by atoms with E-state index in [9.17, 15) is 4.79 Å². The van der Waals surface area contributed by atoms with Gasteiger partial charge >= 0.3 is 0 Å². The van der Waals surface area contributed by atoms with Crippen molar-refractivity contribution in [2.24, 2.45) is 0 Å². The van der Waals surface area contributed by atoms with Crippen molar-refractivity contribution >= 4 is 21.8 Å². The van der Waals surface area contributed by atoms with Crippen LogP contribution in [-0.4, -0.2) is 22.7 Å². The molecule has 3 heteroatoms. The molecule has 0 fully saturated rings. The fourth-order valence-corrected chi connectivity index (χ4v) is 1.10. The first kappa shape index (κ1) is 8.53. The normalized spacial score (nSPS) is 16.6. The SMILES string of the molecule is O=C(/C=C/CBr)N1C=CCC1. The zero-order valence-corrected chi connectivity index (χ0v) is 7.75. The van der Waals surface area contributed by atoms with E-state index < -0.39 is 0 Å². The van der Waals surface area contributed by atoms with Gasteiger partial charge in [0.05, 0.1) is 0 Å². The van der Waals surface area contributed by atoms with Gasteiger partial charge in [-0.25, -0.2) is 0 Å². The Labute approximate surface area is 74.7 Å². The highest BCUT2D eigenvalue weighted by atomic mass is 79.9. The molecule has 1 aliphatic rings. The molecule has 11 heavy (non-hydrogen) atoms. The van der Waals surface area contributed by atoms with Gasteiger partial charge in [-0.2, -0.15) is 0 Å². The minimum absolute atomic E-state index is 0.0678. The fraction of sp³-hybridized carbons (Fsp3) is 0.375. The molecule has 0 saturated heterocycles. The molecule has 0 saturated carbocycles. The van der Waals surface area contributed by atoms with Crippen molar-refractivity contribution in [1.29, 1.82) is 0 Å². The quantitative estimate of drug-likeness (QED) is 0.508. The van der Waals surface area contributed by atoms with Crippen molar-refractivity contribution in [3.05, 3.63) is 24.4 Å². The molecule has 0 radical (unpaired) electrons. The Morgan fingerprint density at radius 2 is 2.55 bits per heavy atom. The van der Waals surface area contributed by atoms with Crippen molar-refractivity contribution in [3.63, 3.8) is 0 Å². The third kappa shape index (κ3) is 2.50. The number of hydrogen-bond donors (Lipinski definition) is 0. The maximum atomic E-state index is 11.2. The highest BCUT2D eigenvalue weighted by Crippen LogP contribution is 2.04. The summed E-state index contributed by atoms with van der Waals surface area (Å²) in [5.74, 6) is 0.0678. The molecule has 0 aromatic carbocycles. The summed E-state index contributed by atoms with van der Waals surface area (Å²) in [5.41, 5.74) is 0. The third-order valence-corrected chi connectivity index (χ3v) is 1.83. The first-order valence-electron chi connectivity index (χ1n) is 3.54. The second-order valence-corrected chi connectivity index (χ2v) is 2.91. The average Bonchev–Trinajstić information content (AvgIpc) is 2.52. The standard InChI is InChI=1S/C8H10BrNO/c9-5-3-4-8(11)10-6-1-2-7-10/h1,3-4,6H,2,5,7H2/b4-3+. The molecule has 1 rings (SSSR count). The van der Waals surface area contributed by atoms with Gasteiger partial charge in [0.25, 0.3) is 0 Å². The number of amides is 1. The van der Waals surface area contributed by atoms with Crippen LogP contribution in [0.3, 0.4) is 0 Å². The maximum Gasteiger partial charge on any atom is 0.250 e. The Morgan fingerprint density at radius 3 is 3.09 bits per heavy atom. The van der Waals surface area contributed by atoms with Crippen LogP contribution in [0.2, 0.25) is 0 Å². The van der Waals surface area contributed by atoms with Crippen molar-refractivity contribution in [2.75, 3.05) is 11.9 Å². The summed E-state index contributed by atoms with van der Waals surface area (Å²) in [6.45, 7) is 0.825. The van der Waals surface area contributed by atoms with Gasteiger partial charge in [0.15, 0.2) is 0 Å². The molecule has 1 amide bonds. The molecule has 0 aromatic heterocycles. The number of carbonyl (C=O) groups excluding carboxylic acids is 1. The lowest BCUT2D eigenvalue weighted by Gasteiger charge is -2.08. The summed E-state index contributed by atoms with van der Waals surface area (Å²) in [7, 11) is 0. The van der Waals surface area contributed by atoms with E-state index in [-0.39, 0.29) is 5.91 Å².